The number of hydrogen-bond donors (Lipinski definition) is 2. The molecule has 89 heavy (non-hydrogen) atoms. The number of aromatic hydroxyl groups is 1. The van der Waals surface area contributed by atoms with Crippen LogP contribution in [0.25, 0.3) is 20.4 Å². The molecule has 29 heteroatoms. The first-order valence-electron chi connectivity index (χ1n) is 26.7. The van der Waals surface area contributed by atoms with E-state index in [0.29, 0.717) is 56.8 Å². The van der Waals surface area contributed by atoms with Crippen LogP contribution in [-0.2, 0) is 48.4 Å². The molecule has 12 rings (SSSR count). The van der Waals surface area contributed by atoms with Gasteiger partial charge in [-0.2, -0.15) is 0 Å². The maximum atomic E-state index is 12.0. The molecular weight excluding hydrogens is 1490 g/mol. The number of nitrogens with one attached hydrogen (secondary N) is 1. The predicted octanol–water partition coefficient (Wildman–Crippen LogP) is 6.20. The minimum absolute atomic E-state index is 0. The van der Waals surface area contributed by atoms with Gasteiger partial charge in [0, 0.05) is 101 Å². The zero-order chi connectivity index (χ0) is 61.1. The molecule has 0 atom stereocenters. The average Bonchev–Trinajstić information content (AvgIpc) is 1.28. The van der Waals surface area contributed by atoms with E-state index >= 15 is 0 Å². The van der Waals surface area contributed by atoms with E-state index in [1.807, 2.05) is 79.8 Å². The Morgan fingerprint density at radius 3 is 1.74 bits per heavy atom. The first-order chi connectivity index (χ1) is 41.9. The third kappa shape index (κ3) is 24.0. The van der Waals surface area contributed by atoms with Gasteiger partial charge in [0.25, 0.3) is 6.47 Å². The third-order valence-corrected chi connectivity index (χ3v) is 16.1. The fourth-order valence-electron chi connectivity index (χ4n) is 8.72. The fraction of sp³-hybridized carbons (Fsp3) is 0.317. The van der Waals surface area contributed by atoms with Crippen molar-refractivity contribution in [3.05, 3.63) is 161 Å². The summed E-state index contributed by atoms with van der Waals surface area (Å²) in [5.41, 5.74) is 4.56. The number of benzene rings is 4. The number of ether oxygens (including phenoxy) is 6. The quantitative estimate of drug-likeness (QED) is 0.0479. The predicted molar refractivity (Wildman–Crippen MR) is 333 cm³/mol. The van der Waals surface area contributed by atoms with Gasteiger partial charge in [0.15, 0.2) is 25.7 Å². The smallest absolute Gasteiger partial charge is 1.00 e. The molecule has 3 saturated heterocycles. The van der Waals surface area contributed by atoms with Crippen LogP contribution in [0.2, 0.25) is 15.5 Å². The van der Waals surface area contributed by atoms with Crippen LogP contribution in [0.5, 0.6) is 17.4 Å². The van der Waals surface area contributed by atoms with Gasteiger partial charge in [-0.3, -0.25) is 24.4 Å². The number of thiazole rings is 2. The maximum Gasteiger partial charge on any atom is 1.00 e. The molecule has 3 fully saturated rings. The minimum Gasteiger partial charge on any atom is -1.00 e. The second kappa shape index (κ2) is 41.8. The molecule has 5 aromatic heterocycles. The van der Waals surface area contributed by atoms with E-state index in [1.165, 1.54) is 43.7 Å². The number of rotatable bonds is 11. The largest absolute Gasteiger partial charge is 1.00 e. The van der Waals surface area contributed by atoms with E-state index in [2.05, 4.69) is 66.9 Å². The van der Waals surface area contributed by atoms with Crippen LogP contribution < -0.4 is 158 Å². The summed E-state index contributed by atoms with van der Waals surface area (Å²) >= 11 is 20.1. The summed E-state index contributed by atoms with van der Waals surface area (Å²) in [5.74, 6) is 1.57. The van der Waals surface area contributed by atoms with Gasteiger partial charge in [0.1, 0.15) is 22.6 Å². The number of hydrogen-bond acceptors (Lipinski definition) is 24. The number of methoxy groups -OCH3 is 2. The number of nitrogens with zero attached hydrogens (tertiary/aromatic N) is 9. The Morgan fingerprint density at radius 2 is 1.20 bits per heavy atom. The second-order valence-electron chi connectivity index (χ2n) is 18.5. The molecule has 0 unspecified atom stereocenters. The molecule has 3 aliphatic rings. The molecule has 22 nitrogen and oxygen atoms in total. The van der Waals surface area contributed by atoms with Crippen molar-refractivity contribution in [2.45, 2.75) is 57.3 Å². The van der Waals surface area contributed by atoms with Crippen molar-refractivity contribution in [2.24, 2.45) is 5.92 Å². The SMILES string of the molecule is C.CN(c1ccc(Oc2nccnc2C2CCOCC2)cc1)c1nc2ccccc2s1.COC(=O)C1(c2nccnc2Cl)CCOCC1.COC(=O)C1CCOCC1.Clc1nccnc1Cl.O=CO[O-].Oc1ccc(Nc2nc3ccccc3s2)cc1.[Cs+].[Cs+].[H-]. The monoisotopic (exact) mass is 1550 g/mol. The Labute approximate surface area is 657 Å². The van der Waals surface area contributed by atoms with Crippen LogP contribution in [0.4, 0.5) is 21.6 Å². The molecule has 0 saturated carbocycles. The Morgan fingerprint density at radius 1 is 0.685 bits per heavy atom. The van der Waals surface area contributed by atoms with Crippen LogP contribution in [0.3, 0.4) is 0 Å². The van der Waals surface area contributed by atoms with Gasteiger partial charge in [-0.1, -0.05) is 89.2 Å². The van der Waals surface area contributed by atoms with Gasteiger partial charge in [0.2, 0.25) is 5.88 Å². The Kier molecular flexibility index (Phi) is 36.5. The summed E-state index contributed by atoms with van der Waals surface area (Å²) in [7, 11) is 4.82. The zero-order valence-corrected chi connectivity index (χ0v) is 65.3. The number of fused-ring (bicyclic) bond motifs is 2. The number of anilines is 4. The van der Waals surface area contributed by atoms with E-state index in [-0.39, 0.29) is 192 Å². The molecule has 3 aliphatic heterocycles. The standard InChI is InChI=1S/C23H22N4O2S.C13H10N2OS.C11H13ClN2O3.C7H12O3.C4H2Cl2N2.CH2O3.CH4.2Cs.H/c1-27(23-26-19-4-2-3-5-20(19)30-23)17-6-8-18(9-7-17)29-22-21(24-12-13-25-22)16-10-14-28-15-11-16;16-10-7-5-9(6-8-10)14-13-15-11-3-1-2-4-12(11)17-13;1-16-10(15)11(2-6-17-7-3-11)8-9(12)14-5-4-13-8;1-9-7(8)6-2-4-10-5-3-6;5-3-4(6)8-2-1-7-3;2-1-4-3;;;;/h2-9,12-13,16H,10-11,14-15H2,1H3;1-8,16H,(H,14,15);4-5H,2-3,6-7H2,1H3;6H,2-5H2,1H3;1-2H;1,3H;1H4;;;/q;;;;;;;2*+1;-1/p-1. The van der Waals surface area contributed by atoms with Gasteiger partial charge in [-0.05, 0) is 111 Å². The average molecular weight is 1550 g/mol. The van der Waals surface area contributed by atoms with Crippen LogP contribution in [0.15, 0.2) is 134 Å². The second-order valence-corrected chi connectivity index (χ2v) is 21.6. The summed E-state index contributed by atoms with van der Waals surface area (Å²) in [4.78, 5) is 69.9. The molecule has 0 aliphatic carbocycles. The number of aromatic nitrogens is 8. The number of phenols is 1. The van der Waals surface area contributed by atoms with E-state index < -0.39 is 5.41 Å². The Hall–Kier alpha value is -3.68. The molecule has 8 heterocycles. The van der Waals surface area contributed by atoms with Gasteiger partial charge in [0.05, 0.1) is 46.3 Å². The minimum atomic E-state index is -0.821. The van der Waals surface area contributed by atoms with Crippen molar-refractivity contribution in [1.82, 2.24) is 39.9 Å². The van der Waals surface area contributed by atoms with Crippen molar-refractivity contribution in [2.75, 3.05) is 71.1 Å². The van der Waals surface area contributed by atoms with Crippen LogP contribution in [0.1, 0.15) is 64.7 Å². The number of carbonyl (C=O) groups is 3. The van der Waals surface area contributed by atoms with Gasteiger partial charge < -0.3 is 55.3 Å². The molecule has 2 N–H and O–H groups in total. The summed E-state index contributed by atoms with van der Waals surface area (Å²) in [6, 6.07) is 31.1. The zero-order valence-electron chi connectivity index (χ0n) is 49.8. The molecule has 0 radical (unpaired) electrons. The summed E-state index contributed by atoms with van der Waals surface area (Å²) in [5, 5.41) is 23.4. The Balaban J connectivity index is 0.000000306. The molecule has 462 valence electrons. The first kappa shape index (κ1) is 77.8. The van der Waals surface area contributed by atoms with Crippen molar-refractivity contribution >= 4 is 118 Å². The third-order valence-electron chi connectivity index (χ3n) is 13.2. The van der Waals surface area contributed by atoms with E-state index in [1.54, 1.807) is 47.2 Å². The van der Waals surface area contributed by atoms with E-state index in [9.17, 15) is 14.7 Å². The molecule has 4 aromatic carbocycles. The van der Waals surface area contributed by atoms with E-state index in [0.717, 1.165) is 87.7 Å². The van der Waals surface area contributed by atoms with E-state index in [4.69, 9.17) is 73.5 Å². The molecule has 0 amide bonds. The number of para-hydroxylation sites is 2. The number of phenolic OH excluding ortho intramolecular Hbond substituents is 1. The molecule has 0 spiro atoms. The fourth-order valence-corrected chi connectivity index (χ4v) is 11.1. The van der Waals surface area contributed by atoms with Gasteiger partial charge in [-0.15, -0.1) is 0 Å². The molecule has 9 aromatic rings. The topological polar surface area (TPSA) is 277 Å². The summed E-state index contributed by atoms with van der Waals surface area (Å²) in [6.45, 7) is 3.70. The summed E-state index contributed by atoms with van der Waals surface area (Å²) < 4.78 is 33.8. The van der Waals surface area contributed by atoms with Crippen molar-refractivity contribution in [3.8, 4) is 17.4 Å². The first-order valence-corrected chi connectivity index (χ1v) is 29.4. The van der Waals surface area contributed by atoms with Gasteiger partial charge >= 0.3 is 150 Å². The molecule has 0 bridgehead atoms. The van der Waals surface area contributed by atoms with Crippen molar-refractivity contribution in [3.63, 3.8) is 0 Å². The molecular formula is C60H65Cl3Cs2N10O12S2. The summed E-state index contributed by atoms with van der Waals surface area (Å²) in [6.07, 6.45) is 13.9. The maximum absolute atomic E-state index is 12.0. The van der Waals surface area contributed by atoms with Crippen LogP contribution in [-0.4, -0.2) is 124 Å². The van der Waals surface area contributed by atoms with Crippen LogP contribution in [0, 0.1) is 5.92 Å². The van der Waals surface area contributed by atoms with Gasteiger partial charge in [-0.25, -0.2) is 29.9 Å². The normalized spacial score (nSPS) is 13.9. The van der Waals surface area contributed by atoms with Crippen molar-refractivity contribution < 1.29 is 197 Å². The number of carbonyl (C=O) groups excluding carboxylic acids is 3. The number of esters is 2. The van der Waals surface area contributed by atoms with Crippen molar-refractivity contribution in [1.29, 1.82) is 0 Å². The number of halogens is 3. The Bertz CT molecular complexity index is 3470. The van der Waals surface area contributed by atoms with Crippen LogP contribution >= 0.6 is 57.5 Å².